The zero-order valence-corrected chi connectivity index (χ0v) is 14.6. The smallest absolute Gasteiger partial charge is 0.119 e. The topological polar surface area (TPSA) is 33.6 Å². The second-order valence-corrected chi connectivity index (χ2v) is 6.02. The van der Waals surface area contributed by atoms with Crippen molar-refractivity contribution in [3.63, 3.8) is 0 Å². The van der Waals surface area contributed by atoms with Gasteiger partial charge in [-0.05, 0) is 66.9 Å². The molecule has 0 heterocycles. The Labute approximate surface area is 149 Å². The molecule has 0 atom stereocenters. The average molecular weight is 330 g/mol. The Balaban J connectivity index is 1.56. The third kappa shape index (κ3) is 4.95. The van der Waals surface area contributed by atoms with E-state index in [1.807, 2.05) is 54.6 Å². The van der Waals surface area contributed by atoms with Crippen LogP contribution in [0.3, 0.4) is 0 Å². The lowest BCUT2D eigenvalue weighted by atomic mass is 10.1. The number of hydrogen-bond acceptors (Lipinski definition) is 3. The maximum atomic E-state index is 5.90. The molecule has 3 rings (SSSR count). The summed E-state index contributed by atoms with van der Waals surface area (Å²) >= 11 is 0. The van der Waals surface area contributed by atoms with E-state index in [0.717, 1.165) is 17.0 Å². The molecule has 1 N–H and O–H groups in total. The van der Waals surface area contributed by atoms with Gasteiger partial charge in [-0.25, -0.2) is 0 Å². The van der Waals surface area contributed by atoms with E-state index in [9.17, 15) is 0 Å². The van der Waals surface area contributed by atoms with Crippen molar-refractivity contribution in [2.24, 2.45) is 5.10 Å². The standard InChI is InChI=1S/C22H22N2O/c1-17-8-9-18(2)20(14-17)16-25-22-12-10-19(11-13-22)15-23-24-21-6-4-3-5-7-21/h3-15,24H,16H2,1-2H3. The van der Waals surface area contributed by atoms with Crippen molar-refractivity contribution in [1.29, 1.82) is 0 Å². The van der Waals surface area contributed by atoms with Crippen LogP contribution in [0.5, 0.6) is 5.75 Å². The number of nitrogens with zero attached hydrogens (tertiary/aromatic N) is 1. The zero-order valence-electron chi connectivity index (χ0n) is 14.6. The van der Waals surface area contributed by atoms with Crippen molar-refractivity contribution < 1.29 is 4.74 Å². The molecule has 25 heavy (non-hydrogen) atoms. The quantitative estimate of drug-likeness (QED) is 0.489. The molecular weight excluding hydrogens is 308 g/mol. The van der Waals surface area contributed by atoms with Crippen molar-refractivity contribution in [3.05, 3.63) is 95.1 Å². The molecule has 0 spiro atoms. The van der Waals surface area contributed by atoms with Crippen LogP contribution in [0.4, 0.5) is 5.69 Å². The van der Waals surface area contributed by atoms with Crippen molar-refractivity contribution in [1.82, 2.24) is 0 Å². The Hall–Kier alpha value is -3.07. The summed E-state index contributed by atoms with van der Waals surface area (Å²) in [7, 11) is 0. The van der Waals surface area contributed by atoms with E-state index in [0.29, 0.717) is 6.61 Å². The van der Waals surface area contributed by atoms with Gasteiger partial charge in [0.25, 0.3) is 0 Å². The summed E-state index contributed by atoms with van der Waals surface area (Å²) in [6.07, 6.45) is 1.79. The van der Waals surface area contributed by atoms with Gasteiger partial charge in [0.15, 0.2) is 0 Å². The molecule has 0 bridgehead atoms. The van der Waals surface area contributed by atoms with Crippen LogP contribution in [0.2, 0.25) is 0 Å². The molecule has 0 saturated carbocycles. The fraction of sp³-hybridized carbons (Fsp3) is 0.136. The maximum Gasteiger partial charge on any atom is 0.119 e. The van der Waals surface area contributed by atoms with Gasteiger partial charge >= 0.3 is 0 Å². The lowest BCUT2D eigenvalue weighted by Crippen LogP contribution is -1.98. The Morgan fingerprint density at radius 3 is 2.44 bits per heavy atom. The number of ether oxygens (including phenoxy) is 1. The van der Waals surface area contributed by atoms with E-state index in [1.165, 1.54) is 16.7 Å². The summed E-state index contributed by atoms with van der Waals surface area (Å²) in [4.78, 5) is 0. The normalized spacial score (nSPS) is 10.8. The first-order valence-corrected chi connectivity index (χ1v) is 8.34. The van der Waals surface area contributed by atoms with Gasteiger partial charge in [-0.3, -0.25) is 5.43 Å². The summed E-state index contributed by atoms with van der Waals surface area (Å²) in [5, 5.41) is 4.24. The molecule has 3 aromatic carbocycles. The summed E-state index contributed by atoms with van der Waals surface area (Å²) in [5.41, 5.74) is 8.71. The molecule has 0 saturated heterocycles. The van der Waals surface area contributed by atoms with Gasteiger partial charge in [-0.2, -0.15) is 5.10 Å². The van der Waals surface area contributed by atoms with E-state index < -0.39 is 0 Å². The highest BCUT2D eigenvalue weighted by molar-refractivity contribution is 5.80. The lowest BCUT2D eigenvalue weighted by Gasteiger charge is -2.09. The van der Waals surface area contributed by atoms with Crippen LogP contribution < -0.4 is 10.2 Å². The Bertz CT molecular complexity index is 840. The monoisotopic (exact) mass is 330 g/mol. The van der Waals surface area contributed by atoms with Crippen LogP contribution in [-0.4, -0.2) is 6.21 Å². The van der Waals surface area contributed by atoms with E-state index in [2.05, 4.69) is 42.6 Å². The van der Waals surface area contributed by atoms with Crippen LogP contribution in [0, 0.1) is 13.8 Å². The third-order valence-electron chi connectivity index (χ3n) is 3.96. The minimum Gasteiger partial charge on any atom is -0.489 e. The molecule has 0 aliphatic heterocycles. The molecule has 0 radical (unpaired) electrons. The van der Waals surface area contributed by atoms with Crippen LogP contribution in [0.25, 0.3) is 0 Å². The Morgan fingerprint density at radius 2 is 1.68 bits per heavy atom. The summed E-state index contributed by atoms with van der Waals surface area (Å²) in [6.45, 7) is 4.79. The van der Waals surface area contributed by atoms with E-state index >= 15 is 0 Å². The number of nitrogens with one attached hydrogen (secondary N) is 1. The van der Waals surface area contributed by atoms with E-state index in [-0.39, 0.29) is 0 Å². The van der Waals surface area contributed by atoms with Crippen LogP contribution in [0.15, 0.2) is 77.9 Å². The van der Waals surface area contributed by atoms with Gasteiger partial charge in [0.05, 0.1) is 11.9 Å². The first kappa shape index (κ1) is 16.8. The highest BCUT2D eigenvalue weighted by atomic mass is 16.5. The van der Waals surface area contributed by atoms with Gasteiger partial charge in [0, 0.05) is 0 Å². The number of aryl methyl sites for hydroxylation is 2. The molecular formula is C22H22N2O. The lowest BCUT2D eigenvalue weighted by molar-refractivity contribution is 0.305. The third-order valence-corrected chi connectivity index (χ3v) is 3.96. The molecule has 3 nitrogen and oxygen atoms in total. The summed E-state index contributed by atoms with van der Waals surface area (Å²) in [6, 6.07) is 24.2. The van der Waals surface area contributed by atoms with Crippen LogP contribution in [-0.2, 0) is 6.61 Å². The molecule has 0 unspecified atom stereocenters. The van der Waals surface area contributed by atoms with Crippen molar-refractivity contribution >= 4 is 11.9 Å². The van der Waals surface area contributed by atoms with Gasteiger partial charge < -0.3 is 4.74 Å². The van der Waals surface area contributed by atoms with Crippen molar-refractivity contribution in [3.8, 4) is 5.75 Å². The second kappa shape index (κ2) is 8.15. The van der Waals surface area contributed by atoms with Crippen molar-refractivity contribution in [2.75, 3.05) is 5.43 Å². The number of hydrogen-bond donors (Lipinski definition) is 1. The predicted octanol–water partition coefficient (Wildman–Crippen LogP) is 5.33. The molecule has 3 aromatic rings. The number of benzene rings is 3. The van der Waals surface area contributed by atoms with Gasteiger partial charge in [0.1, 0.15) is 12.4 Å². The molecule has 0 aliphatic carbocycles. The Kier molecular flexibility index (Phi) is 5.47. The Morgan fingerprint density at radius 1 is 0.920 bits per heavy atom. The van der Waals surface area contributed by atoms with Gasteiger partial charge in [-0.1, -0.05) is 42.0 Å². The SMILES string of the molecule is Cc1ccc(C)c(COc2ccc(C=NNc3ccccc3)cc2)c1. The summed E-state index contributed by atoms with van der Waals surface area (Å²) in [5.74, 6) is 0.856. The maximum absolute atomic E-state index is 5.90. The fourth-order valence-corrected chi connectivity index (χ4v) is 2.46. The number of rotatable bonds is 6. The molecule has 0 aromatic heterocycles. The predicted molar refractivity (Wildman–Crippen MR) is 104 cm³/mol. The van der Waals surface area contributed by atoms with Crippen LogP contribution in [0.1, 0.15) is 22.3 Å². The largest absolute Gasteiger partial charge is 0.489 e. The molecule has 0 aliphatic rings. The number of anilines is 1. The molecule has 3 heteroatoms. The fourth-order valence-electron chi connectivity index (χ4n) is 2.46. The number of hydrazone groups is 1. The summed E-state index contributed by atoms with van der Waals surface area (Å²) < 4.78 is 5.90. The van der Waals surface area contributed by atoms with Gasteiger partial charge in [0.2, 0.25) is 0 Å². The van der Waals surface area contributed by atoms with Gasteiger partial charge in [-0.15, -0.1) is 0 Å². The van der Waals surface area contributed by atoms with E-state index in [4.69, 9.17) is 4.74 Å². The average Bonchev–Trinajstić information content (AvgIpc) is 2.64. The first-order valence-electron chi connectivity index (χ1n) is 8.34. The molecule has 0 amide bonds. The van der Waals surface area contributed by atoms with E-state index in [1.54, 1.807) is 6.21 Å². The minimum absolute atomic E-state index is 0.580. The first-order chi connectivity index (χ1) is 12.2. The molecule has 0 fully saturated rings. The minimum atomic E-state index is 0.580. The molecule has 126 valence electrons. The highest BCUT2D eigenvalue weighted by Gasteiger charge is 2.00. The highest BCUT2D eigenvalue weighted by Crippen LogP contribution is 2.16. The zero-order chi connectivity index (χ0) is 17.5. The van der Waals surface area contributed by atoms with Crippen LogP contribution >= 0.6 is 0 Å². The second-order valence-electron chi connectivity index (χ2n) is 6.02. The number of para-hydroxylation sites is 1. The van der Waals surface area contributed by atoms with Crippen molar-refractivity contribution in [2.45, 2.75) is 20.5 Å².